The van der Waals surface area contributed by atoms with Gasteiger partial charge in [0.05, 0.1) is 12.4 Å². The molecular formula is C12H21N3O. The topological polar surface area (TPSA) is 39.1 Å². The standard InChI is InChI=1S/C12H21N3O/c1-16-12-5-3-2-4-11(12)14-7-9-15-8-6-13-10-15/h6,8,10-12,14H,2-5,7,9H2,1H3. The minimum Gasteiger partial charge on any atom is -0.380 e. The summed E-state index contributed by atoms with van der Waals surface area (Å²) in [4.78, 5) is 4.03. The molecule has 0 bridgehead atoms. The van der Waals surface area contributed by atoms with E-state index in [1.165, 1.54) is 25.7 Å². The number of ether oxygens (including phenoxy) is 1. The highest BCUT2D eigenvalue weighted by molar-refractivity contribution is 4.82. The summed E-state index contributed by atoms with van der Waals surface area (Å²) >= 11 is 0. The van der Waals surface area contributed by atoms with Crippen LogP contribution in [0.25, 0.3) is 0 Å². The number of aromatic nitrogens is 2. The van der Waals surface area contributed by atoms with Crippen molar-refractivity contribution in [2.45, 2.75) is 44.4 Å². The van der Waals surface area contributed by atoms with Gasteiger partial charge in [0.25, 0.3) is 0 Å². The number of nitrogens with one attached hydrogen (secondary N) is 1. The van der Waals surface area contributed by atoms with Crippen LogP contribution in [0.15, 0.2) is 18.7 Å². The number of nitrogens with zero attached hydrogens (tertiary/aromatic N) is 2. The van der Waals surface area contributed by atoms with E-state index in [2.05, 4.69) is 14.9 Å². The molecule has 0 spiro atoms. The average Bonchev–Trinajstić information content (AvgIpc) is 2.83. The minimum absolute atomic E-state index is 0.400. The van der Waals surface area contributed by atoms with Gasteiger partial charge in [-0.2, -0.15) is 0 Å². The number of rotatable bonds is 5. The minimum atomic E-state index is 0.400. The lowest BCUT2D eigenvalue weighted by atomic mass is 9.92. The number of hydrogen-bond donors (Lipinski definition) is 1. The number of methoxy groups -OCH3 is 1. The summed E-state index contributed by atoms with van der Waals surface area (Å²) in [5, 5.41) is 3.59. The van der Waals surface area contributed by atoms with E-state index < -0.39 is 0 Å². The Morgan fingerprint density at radius 1 is 1.44 bits per heavy atom. The van der Waals surface area contributed by atoms with E-state index in [9.17, 15) is 0 Å². The molecule has 0 aliphatic heterocycles. The Morgan fingerprint density at radius 2 is 2.31 bits per heavy atom. The second-order valence-electron chi connectivity index (χ2n) is 4.42. The first-order valence-electron chi connectivity index (χ1n) is 6.12. The van der Waals surface area contributed by atoms with E-state index in [4.69, 9.17) is 4.74 Å². The van der Waals surface area contributed by atoms with Gasteiger partial charge in [0.2, 0.25) is 0 Å². The normalized spacial score (nSPS) is 25.8. The molecule has 1 aromatic rings. The van der Waals surface area contributed by atoms with E-state index >= 15 is 0 Å². The molecule has 16 heavy (non-hydrogen) atoms. The van der Waals surface area contributed by atoms with Crippen molar-refractivity contribution in [3.8, 4) is 0 Å². The molecule has 4 heteroatoms. The van der Waals surface area contributed by atoms with Gasteiger partial charge in [-0.25, -0.2) is 4.98 Å². The van der Waals surface area contributed by atoms with Crippen LogP contribution >= 0.6 is 0 Å². The van der Waals surface area contributed by atoms with Crippen molar-refractivity contribution in [2.24, 2.45) is 0 Å². The van der Waals surface area contributed by atoms with Crippen LogP contribution in [0.1, 0.15) is 25.7 Å². The smallest absolute Gasteiger partial charge is 0.0946 e. The highest BCUT2D eigenvalue weighted by Crippen LogP contribution is 2.20. The molecule has 2 atom stereocenters. The molecule has 1 fully saturated rings. The zero-order valence-corrected chi connectivity index (χ0v) is 9.93. The monoisotopic (exact) mass is 223 g/mol. The predicted octanol–water partition coefficient (Wildman–Crippen LogP) is 1.43. The fourth-order valence-corrected chi connectivity index (χ4v) is 2.41. The molecule has 0 aromatic carbocycles. The van der Waals surface area contributed by atoms with Gasteiger partial charge in [-0.3, -0.25) is 0 Å². The molecule has 0 radical (unpaired) electrons. The van der Waals surface area contributed by atoms with E-state index in [1.54, 1.807) is 0 Å². The summed E-state index contributed by atoms with van der Waals surface area (Å²) in [7, 11) is 1.82. The van der Waals surface area contributed by atoms with Crippen molar-refractivity contribution in [1.82, 2.24) is 14.9 Å². The molecular weight excluding hydrogens is 202 g/mol. The van der Waals surface area contributed by atoms with Crippen LogP contribution in [0, 0.1) is 0 Å². The van der Waals surface area contributed by atoms with Crippen LogP contribution in [0.4, 0.5) is 0 Å². The predicted molar refractivity (Wildman–Crippen MR) is 63.3 cm³/mol. The first kappa shape index (κ1) is 11.6. The summed E-state index contributed by atoms with van der Waals surface area (Å²) in [5.74, 6) is 0. The number of hydrogen-bond acceptors (Lipinski definition) is 3. The number of imidazole rings is 1. The van der Waals surface area contributed by atoms with E-state index in [0.717, 1.165) is 13.1 Å². The Hall–Kier alpha value is -0.870. The zero-order valence-electron chi connectivity index (χ0n) is 9.93. The molecule has 0 amide bonds. The third-order valence-corrected chi connectivity index (χ3v) is 3.34. The van der Waals surface area contributed by atoms with Gasteiger partial charge in [0.1, 0.15) is 0 Å². The van der Waals surface area contributed by atoms with Crippen molar-refractivity contribution in [2.75, 3.05) is 13.7 Å². The maximum absolute atomic E-state index is 5.51. The van der Waals surface area contributed by atoms with Gasteiger partial charge >= 0.3 is 0 Å². The van der Waals surface area contributed by atoms with Crippen LogP contribution in [0.3, 0.4) is 0 Å². The Labute approximate surface area is 97.0 Å². The molecule has 1 aromatic heterocycles. The van der Waals surface area contributed by atoms with E-state index in [-0.39, 0.29) is 0 Å². The maximum Gasteiger partial charge on any atom is 0.0946 e. The lowest BCUT2D eigenvalue weighted by Crippen LogP contribution is -2.44. The third kappa shape index (κ3) is 3.06. The second kappa shape index (κ2) is 6.01. The molecule has 4 nitrogen and oxygen atoms in total. The molecule has 1 N–H and O–H groups in total. The van der Waals surface area contributed by atoms with E-state index in [1.807, 2.05) is 25.8 Å². The van der Waals surface area contributed by atoms with Crippen LogP contribution < -0.4 is 5.32 Å². The summed E-state index contributed by atoms with van der Waals surface area (Å²) in [6, 6.07) is 0.530. The van der Waals surface area contributed by atoms with Gasteiger partial charge in [0.15, 0.2) is 0 Å². The van der Waals surface area contributed by atoms with Crippen molar-refractivity contribution in [3.63, 3.8) is 0 Å². The lowest BCUT2D eigenvalue weighted by molar-refractivity contribution is 0.0417. The molecule has 1 aliphatic carbocycles. The lowest BCUT2D eigenvalue weighted by Gasteiger charge is -2.31. The van der Waals surface area contributed by atoms with Gasteiger partial charge in [-0.05, 0) is 12.8 Å². The summed E-state index contributed by atoms with van der Waals surface area (Å²) in [6.45, 7) is 1.97. The quantitative estimate of drug-likeness (QED) is 0.820. The van der Waals surface area contributed by atoms with Gasteiger partial charge < -0.3 is 14.6 Å². The van der Waals surface area contributed by atoms with Crippen LogP contribution in [-0.4, -0.2) is 35.4 Å². The zero-order chi connectivity index (χ0) is 11.2. The van der Waals surface area contributed by atoms with Gasteiger partial charge in [0, 0.05) is 38.6 Å². The molecule has 2 unspecified atom stereocenters. The Balaban J connectivity index is 1.71. The largest absolute Gasteiger partial charge is 0.380 e. The van der Waals surface area contributed by atoms with Crippen molar-refractivity contribution < 1.29 is 4.74 Å². The van der Waals surface area contributed by atoms with Crippen LogP contribution in [0.2, 0.25) is 0 Å². The Bertz CT molecular complexity index is 286. The van der Waals surface area contributed by atoms with Crippen molar-refractivity contribution in [1.29, 1.82) is 0 Å². The molecule has 0 saturated heterocycles. The molecule has 1 aliphatic rings. The molecule has 1 heterocycles. The first-order valence-corrected chi connectivity index (χ1v) is 6.12. The van der Waals surface area contributed by atoms with Crippen LogP contribution in [0.5, 0.6) is 0 Å². The van der Waals surface area contributed by atoms with Gasteiger partial charge in [-0.15, -0.1) is 0 Å². The average molecular weight is 223 g/mol. The van der Waals surface area contributed by atoms with E-state index in [0.29, 0.717) is 12.1 Å². The molecule has 1 saturated carbocycles. The summed E-state index contributed by atoms with van der Waals surface area (Å²) in [6.07, 6.45) is 11.1. The van der Waals surface area contributed by atoms with Crippen molar-refractivity contribution >= 4 is 0 Å². The highest BCUT2D eigenvalue weighted by atomic mass is 16.5. The second-order valence-corrected chi connectivity index (χ2v) is 4.42. The first-order chi connectivity index (χ1) is 7.90. The Morgan fingerprint density at radius 3 is 3.06 bits per heavy atom. The highest BCUT2D eigenvalue weighted by Gasteiger charge is 2.23. The van der Waals surface area contributed by atoms with Gasteiger partial charge in [-0.1, -0.05) is 12.8 Å². The van der Waals surface area contributed by atoms with Crippen molar-refractivity contribution in [3.05, 3.63) is 18.7 Å². The third-order valence-electron chi connectivity index (χ3n) is 3.34. The maximum atomic E-state index is 5.51. The Kier molecular flexibility index (Phi) is 4.36. The SMILES string of the molecule is COC1CCCCC1NCCn1ccnc1. The molecule has 2 rings (SSSR count). The molecule has 90 valence electrons. The fourth-order valence-electron chi connectivity index (χ4n) is 2.41. The van der Waals surface area contributed by atoms with Crippen LogP contribution in [-0.2, 0) is 11.3 Å². The fraction of sp³-hybridized carbons (Fsp3) is 0.750. The summed E-state index contributed by atoms with van der Waals surface area (Å²) < 4.78 is 7.60. The summed E-state index contributed by atoms with van der Waals surface area (Å²) in [5.41, 5.74) is 0.